The molecule has 1 unspecified atom stereocenters. The first-order valence-corrected chi connectivity index (χ1v) is 11.6. The molecule has 4 rings (SSSR count). The normalized spacial score (nSPS) is 16.2. The van der Waals surface area contributed by atoms with Crippen LogP contribution in [0.4, 0.5) is 5.69 Å². The Kier molecular flexibility index (Phi) is 8.40. The van der Waals surface area contributed by atoms with E-state index >= 15 is 0 Å². The van der Waals surface area contributed by atoms with Gasteiger partial charge in [-0.25, -0.2) is 0 Å². The SMILES string of the molecule is O=C(CC1N=CNN1Cc1ccccc1)Nc1ccc(CCNC[C@H](O)c2ccccc2)cc1. The van der Waals surface area contributed by atoms with Crippen LogP contribution in [0.3, 0.4) is 0 Å². The van der Waals surface area contributed by atoms with Crippen molar-refractivity contribution in [2.24, 2.45) is 4.99 Å². The van der Waals surface area contributed by atoms with Gasteiger partial charge < -0.3 is 21.2 Å². The summed E-state index contributed by atoms with van der Waals surface area (Å²) in [6.45, 7) is 1.95. The third-order valence-corrected chi connectivity index (χ3v) is 5.74. The number of carbonyl (C=O) groups is 1. The zero-order chi connectivity index (χ0) is 23.6. The molecule has 1 heterocycles. The van der Waals surface area contributed by atoms with Crippen molar-refractivity contribution in [2.45, 2.75) is 31.7 Å². The van der Waals surface area contributed by atoms with Gasteiger partial charge >= 0.3 is 0 Å². The number of hydrazine groups is 1. The lowest BCUT2D eigenvalue weighted by Crippen LogP contribution is -2.39. The van der Waals surface area contributed by atoms with Crippen molar-refractivity contribution < 1.29 is 9.90 Å². The second kappa shape index (κ2) is 12.1. The molecule has 176 valence electrons. The third-order valence-electron chi connectivity index (χ3n) is 5.74. The van der Waals surface area contributed by atoms with Gasteiger partial charge in [0.15, 0.2) is 0 Å². The van der Waals surface area contributed by atoms with Crippen LogP contribution in [0.5, 0.6) is 0 Å². The van der Waals surface area contributed by atoms with Crippen molar-refractivity contribution in [1.29, 1.82) is 0 Å². The number of amides is 1. The highest BCUT2D eigenvalue weighted by Crippen LogP contribution is 2.15. The second-order valence-electron chi connectivity index (χ2n) is 8.33. The van der Waals surface area contributed by atoms with Crippen LogP contribution in [0.25, 0.3) is 0 Å². The molecule has 0 fully saturated rings. The Balaban J connectivity index is 1.18. The van der Waals surface area contributed by atoms with Gasteiger partial charge in [-0.2, -0.15) is 5.01 Å². The number of aliphatic imine (C=N–C) groups is 1. The smallest absolute Gasteiger partial charge is 0.227 e. The highest BCUT2D eigenvalue weighted by Gasteiger charge is 2.24. The van der Waals surface area contributed by atoms with Gasteiger partial charge in [0.05, 0.1) is 18.9 Å². The van der Waals surface area contributed by atoms with Crippen LogP contribution >= 0.6 is 0 Å². The van der Waals surface area contributed by atoms with Crippen molar-refractivity contribution in [3.63, 3.8) is 0 Å². The van der Waals surface area contributed by atoms with Gasteiger partial charge in [0, 0.05) is 18.8 Å². The number of nitrogens with one attached hydrogen (secondary N) is 3. The van der Waals surface area contributed by atoms with E-state index in [1.54, 1.807) is 6.34 Å². The lowest BCUT2D eigenvalue weighted by atomic mass is 10.1. The predicted molar refractivity (Wildman–Crippen MR) is 135 cm³/mol. The maximum atomic E-state index is 12.6. The number of aliphatic hydroxyl groups excluding tert-OH is 1. The van der Waals surface area contributed by atoms with Crippen molar-refractivity contribution in [3.05, 3.63) is 102 Å². The molecule has 0 saturated heterocycles. The summed E-state index contributed by atoms with van der Waals surface area (Å²) in [7, 11) is 0. The Bertz CT molecular complexity index is 1060. The maximum Gasteiger partial charge on any atom is 0.227 e. The van der Waals surface area contributed by atoms with Gasteiger partial charge in [-0.1, -0.05) is 72.8 Å². The number of benzene rings is 3. The standard InChI is InChI=1S/C27H31N5O2/c33-25(23-9-5-2-6-10-23)18-28-16-15-21-11-13-24(14-12-21)31-27(34)17-26-29-20-30-32(26)19-22-7-3-1-4-8-22/h1-14,20,25-26,28,33H,15-19H2,(H,29,30)(H,31,34)/t25-,26?/m0/s1. The summed E-state index contributed by atoms with van der Waals surface area (Å²) in [6, 6.07) is 27.6. The van der Waals surface area contributed by atoms with Gasteiger partial charge in [-0.3, -0.25) is 9.79 Å². The first-order chi connectivity index (χ1) is 16.7. The molecule has 2 atom stereocenters. The molecular weight excluding hydrogens is 426 g/mol. The molecule has 1 amide bonds. The van der Waals surface area contributed by atoms with Gasteiger partial charge in [0.25, 0.3) is 0 Å². The van der Waals surface area contributed by atoms with E-state index < -0.39 is 6.10 Å². The summed E-state index contributed by atoms with van der Waals surface area (Å²) < 4.78 is 0. The summed E-state index contributed by atoms with van der Waals surface area (Å²) in [6.07, 6.45) is 2.00. The number of anilines is 1. The first-order valence-electron chi connectivity index (χ1n) is 11.6. The Morgan fingerprint density at radius 1 is 0.971 bits per heavy atom. The number of aliphatic hydroxyl groups is 1. The average molecular weight is 458 g/mol. The third kappa shape index (κ3) is 6.99. The minimum Gasteiger partial charge on any atom is -0.387 e. The van der Waals surface area contributed by atoms with Crippen molar-refractivity contribution in [2.75, 3.05) is 18.4 Å². The van der Waals surface area contributed by atoms with Crippen LogP contribution in [0.15, 0.2) is 89.9 Å². The molecule has 7 heteroatoms. The molecule has 0 aliphatic carbocycles. The van der Waals surface area contributed by atoms with Gasteiger partial charge in [0.1, 0.15) is 6.17 Å². The van der Waals surface area contributed by atoms with E-state index in [1.807, 2.05) is 77.8 Å². The average Bonchev–Trinajstić information content (AvgIpc) is 3.30. The van der Waals surface area contributed by atoms with E-state index in [4.69, 9.17) is 0 Å². The lowest BCUT2D eigenvalue weighted by Gasteiger charge is -2.22. The van der Waals surface area contributed by atoms with E-state index in [2.05, 4.69) is 33.2 Å². The monoisotopic (exact) mass is 457 g/mol. The molecular formula is C27H31N5O2. The quantitative estimate of drug-likeness (QED) is 0.332. The van der Waals surface area contributed by atoms with E-state index in [0.717, 1.165) is 29.8 Å². The maximum absolute atomic E-state index is 12.6. The van der Waals surface area contributed by atoms with Gasteiger partial charge in [-0.05, 0) is 41.8 Å². The molecule has 1 aliphatic rings. The number of carbonyl (C=O) groups excluding carboxylic acids is 1. The Hall–Kier alpha value is -3.52. The molecule has 0 saturated carbocycles. The van der Waals surface area contributed by atoms with E-state index in [9.17, 15) is 9.90 Å². The first kappa shape index (κ1) is 23.6. The van der Waals surface area contributed by atoms with Crippen molar-refractivity contribution >= 4 is 17.9 Å². The molecule has 0 bridgehead atoms. The fraction of sp³-hybridized carbons (Fsp3) is 0.259. The fourth-order valence-corrected chi connectivity index (χ4v) is 3.85. The summed E-state index contributed by atoms with van der Waals surface area (Å²) in [4.78, 5) is 17.0. The van der Waals surface area contributed by atoms with Crippen LogP contribution in [-0.2, 0) is 17.8 Å². The zero-order valence-corrected chi connectivity index (χ0v) is 19.1. The molecule has 0 aromatic heterocycles. The van der Waals surface area contributed by atoms with E-state index in [-0.39, 0.29) is 18.5 Å². The van der Waals surface area contributed by atoms with Crippen LogP contribution in [0, 0.1) is 0 Å². The van der Waals surface area contributed by atoms with Crippen LogP contribution in [-0.4, -0.2) is 41.6 Å². The molecule has 7 nitrogen and oxygen atoms in total. The lowest BCUT2D eigenvalue weighted by molar-refractivity contribution is -0.117. The molecule has 3 aromatic rings. The molecule has 34 heavy (non-hydrogen) atoms. The minimum absolute atomic E-state index is 0.0757. The number of nitrogens with zero attached hydrogens (tertiary/aromatic N) is 2. The van der Waals surface area contributed by atoms with Gasteiger partial charge in [-0.15, -0.1) is 0 Å². The topological polar surface area (TPSA) is 89.0 Å². The van der Waals surface area contributed by atoms with E-state index in [0.29, 0.717) is 13.1 Å². The number of rotatable bonds is 11. The highest BCUT2D eigenvalue weighted by atomic mass is 16.3. The summed E-state index contributed by atoms with van der Waals surface area (Å²) in [5.41, 5.74) is 7.12. The molecule has 0 spiro atoms. The van der Waals surface area contributed by atoms with E-state index in [1.165, 1.54) is 5.56 Å². The van der Waals surface area contributed by atoms with Crippen LogP contribution in [0.1, 0.15) is 29.2 Å². The molecule has 4 N–H and O–H groups in total. The Labute approximate surface area is 200 Å². The minimum atomic E-state index is -0.512. The number of hydrogen-bond acceptors (Lipinski definition) is 6. The predicted octanol–water partition coefficient (Wildman–Crippen LogP) is 3.26. The van der Waals surface area contributed by atoms with Gasteiger partial charge in [0.2, 0.25) is 5.91 Å². The fourth-order valence-electron chi connectivity index (χ4n) is 3.85. The number of hydrogen-bond donors (Lipinski definition) is 4. The highest BCUT2D eigenvalue weighted by molar-refractivity contribution is 5.91. The zero-order valence-electron chi connectivity index (χ0n) is 19.1. The summed E-state index contributed by atoms with van der Waals surface area (Å²) in [5.74, 6) is -0.0757. The second-order valence-corrected chi connectivity index (χ2v) is 8.33. The molecule has 1 aliphatic heterocycles. The van der Waals surface area contributed by atoms with Crippen LogP contribution < -0.4 is 16.1 Å². The Morgan fingerprint density at radius 3 is 2.41 bits per heavy atom. The molecule has 0 radical (unpaired) electrons. The van der Waals surface area contributed by atoms with Crippen LogP contribution in [0.2, 0.25) is 0 Å². The largest absolute Gasteiger partial charge is 0.387 e. The molecule has 3 aromatic carbocycles. The Morgan fingerprint density at radius 2 is 1.68 bits per heavy atom. The summed E-state index contributed by atoms with van der Waals surface area (Å²) in [5, 5.41) is 18.4. The summed E-state index contributed by atoms with van der Waals surface area (Å²) >= 11 is 0. The van der Waals surface area contributed by atoms with Crippen molar-refractivity contribution in [3.8, 4) is 0 Å². The van der Waals surface area contributed by atoms with Crippen molar-refractivity contribution in [1.82, 2.24) is 15.8 Å².